The second-order valence-electron chi connectivity index (χ2n) is 6.62. The molecule has 3 aliphatic rings. The summed E-state index contributed by atoms with van der Waals surface area (Å²) in [4.78, 5) is 27.6. The number of hydrogen-bond acceptors (Lipinski definition) is 4. The maximum atomic E-state index is 12.7. The highest BCUT2D eigenvalue weighted by molar-refractivity contribution is 5.83. The van der Waals surface area contributed by atoms with Crippen LogP contribution in [0, 0.1) is 11.8 Å². The summed E-state index contributed by atoms with van der Waals surface area (Å²) in [6, 6.07) is -0.466. The molecule has 1 saturated carbocycles. The number of fused-ring (bicyclic) bond motifs is 1. The van der Waals surface area contributed by atoms with E-state index < -0.39 is 12.0 Å². The maximum Gasteiger partial charge on any atom is 0.320 e. The van der Waals surface area contributed by atoms with E-state index in [-0.39, 0.29) is 11.9 Å². The molecule has 118 valence electrons. The Hall–Kier alpha value is -1.14. The maximum absolute atomic E-state index is 12.7. The third-order valence-electron chi connectivity index (χ3n) is 5.54. The fourth-order valence-electron chi connectivity index (χ4n) is 4.14. The van der Waals surface area contributed by atoms with Gasteiger partial charge in [0.25, 0.3) is 0 Å². The van der Waals surface area contributed by atoms with E-state index in [0.29, 0.717) is 38.0 Å². The summed E-state index contributed by atoms with van der Waals surface area (Å²) in [7, 11) is 0. The third kappa shape index (κ3) is 2.79. The first kappa shape index (κ1) is 14.8. The van der Waals surface area contributed by atoms with Gasteiger partial charge in [-0.15, -0.1) is 0 Å². The zero-order valence-corrected chi connectivity index (χ0v) is 12.6. The number of hydrogen-bond donors (Lipinski definition) is 2. The minimum atomic E-state index is -0.791. The van der Waals surface area contributed by atoms with E-state index in [1.165, 1.54) is 19.3 Å². The molecule has 0 bridgehead atoms. The summed E-state index contributed by atoms with van der Waals surface area (Å²) in [5.74, 6) is 0.647. The number of amides is 1. The van der Waals surface area contributed by atoms with Crippen molar-refractivity contribution in [2.45, 2.75) is 38.3 Å². The third-order valence-corrected chi connectivity index (χ3v) is 5.54. The van der Waals surface area contributed by atoms with E-state index in [9.17, 15) is 9.59 Å². The van der Waals surface area contributed by atoms with Crippen LogP contribution in [0.2, 0.25) is 0 Å². The molecule has 4 atom stereocenters. The molecule has 6 nitrogen and oxygen atoms in total. The van der Waals surface area contributed by atoms with Gasteiger partial charge in [-0.3, -0.25) is 14.5 Å². The standard InChI is InChI=1S/C15H25N3O3/c1-10(15(20)21)17-5-7-18(8-6-17)14(19)13-12-4-2-3-11(12)9-16-13/h10-13,16H,2-9H2,1H3,(H,20,21). The van der Waals surface area contributed by atoms with Gasteiger partial charge in [0.1, 0.15) is 6.04 Å². The van der Waals surface area contributed by atoms with Gasteiger partial charge in [-0.25, -0.2) is 0 Å². The molecule has 3 fully saturated rings. The molecule has 2 aliphatic heterocycles. The predicted octanol–water partition coefficient (Wildman–Crippen LogP) is -0.00820. The van der Waals surface area contributed by atoms with Gasteiger partial charge in [-0.05, 0) is 38.1 Å². The molecule has 0 radical (unpaired) electrons. The van der Waals surface area contributed by atoms with Crippen LogP contribution < -0.4 is 5.32 Å². The quantitative estimate of drug-likeness (QED) is 0.766. The molecule has 2 saturated heterocycles. The highest BCUT2D eigenvalue weighted by atomic mass is 16.4. The monoisotopic (exact) mass is 295 g/mol. The lowest BCUT2D eigenvalue weighted by atomic mass is 9.93. The van der Waals surface area contributed by atoms with Crippen LogP contribution in [-0.2, 0) is 9.59 Å². The Bertz CT molecular complexity index is 420. The fourth-order valence-corrected chi connectivity index (χ4v) is 4.14. The number of carbonyl (C=O) groups is 2. The molecule has 21 heavy (non-hydrogen) atoms. The lowest BCUT2D eigenvalue weighted by Crippen LogP contribution is -2.56. The molecule has 0 aromatic heterocycles. The minimum absolute atomic E-state index is 0.000877. The topological polar surface area (TPSA) is 72.9 Å². The average Bonchev–Trinajstić information content (AvgIpc) is 3.08. The Balaban J connectivity index is 1.54. The lowest BCUT2D eigenvalue weighted by Gasteiger charge is -2.38. The summed E-state index contributed by atoms with van der Waals surface area (Å²) < 4.78 is 0. The van der Waals surface area contributed by atoms with Crippen molar-refractivity contribution >= 4 is 11.9 Å². The van der Waals surface area contributed by atoms with Crippen LogP contribution in [0.15, 0.2) is 0 Å². The van der Waals surface area contributed by atoms with E-state index in [0.717, 1.165) is 6.54 Å². The Kier molecular flexibility index (Phi) is 4.17. The van der Waals surface area contributed by atoms with Crippen LogP contribution in [0.4, 0.5) is 0 Å². The summed E-state index contributed by atoms with van der Waals surface area (Å²) >= 11 is 0. The zero-order chi connectivity index (χ0) is 15.0. The van der Waals surface area contributed by atoms with Gasteiger partial charge >= 0.3 is 5.97 Å². The average molecular weight is 295 g/mol. The number of carboxylic acids is 1. The van der Waals surface area contributed by atoms with E-state index in [4.69, 9.17) is 5.11 Å². The number of rotatable bonds is 3. The molecule has 0 aromatic rings. The van der Waals surface area contributed by atoms with Crippen LogP contribution in [0.25, 0.3) is 0 Å². The number of nitrogens with zero attached hydrogens (tertiary/aromatic N) is 2. The number of nitrogens with one attached hydrogen (secondary N) is 1. The van der Waals surface area contributed by atoms with Gasteiger partial charge in [0, 0.05) is 26.2 Å². The first-order chi connectivity index (χ1) is 10.1. The second-order valence-corrected chi connectivity index (χ2v) is 6.62. The molecule has 4 unspecified atom stereocenters. The summed E-state index contributed by atoms with van der Waals surface area (Å²) in [6.45, 7) is 5.29. The highest BCUT2D eigenvalue weighted by Gasteiger charge is 2.44. The van der Waals surface area contributed by atoms with E-state index in [1.54, 1.807) is 6.92 Å². The smallest absolute Gasteiger partial charge is 0.320 e. The van der Waals surface area contributed by atoms with Crippen molar-refractivity contribution in [3.63, 3.8) is 0 Å². The van der Waals surface area contributed by atoms with Crippen LogP contribution >= 0.6 is 0 Å². The van der Waals surface area contributed by atoms with Gasteiger partial charge in [0.2, 0.25) is 5.91 Å². The molecular weight excluding hydrogens is 270 g/mol. The molecule has 0 spiro atoms. The molecule has 1 amide bonds. The van der Waals surface area contributed by atoms with Crippen molar-refractivity contribution in [1.29, 1.82) is 0 Å². The van der Waals surface area contributed by atoms with Crippen molar-refractivity contribution in [2.24, 2.45) is 11.8 Å². The van der Waals surface area contributed by atoms with Crippen molar-refractivity contribution < 1.29 is 14.7 Å². The second kappa shape index (κ2) is 5.93. The molecule has 2 heterocycles. The van der Waals surface area contributed by atoms with Crippen LogP contribution in [0.3, 0.4) is 0 Å². The minimum Gasteiger partial charge on any atom is -0.480 e. The van der Waals surface area contributed by atoms with Crippen molar-refractivity contribution in [1.82, 2.24) is 15.1 Å². The molecule has 0 aromatic carbocycles. The van der Waals surface area contributed by atoms with E-state index in [2.05, 4.69) is 5.32 Å². The normalized spacial score (nSPS) is 34.7. The van der Waals surface area contributed by atoms with Gasteiger partial charge in [-0.2, -0.15) is 0 Å². The number of carbonyl (C=O) groups excluding carboxylic acids is 1. The first-order valence-corrected chi connectivity index (χ1v) is 8.07. The number of carboxylic acid groups (broad SMARTS) is 1. The first-order valence-electron chi connectivity index (χ1n) is 8.07. The van der Waals surface area contributed by atoms with Crippen LogP contribution in [0.5, 0.6) is 0 Å². The van der Waals surface area contributed by atoms with Crippen LogP contribution in [-0.4, -0.2) is 71.6 Å². The number of aliphatic carboxylic acids is 1. The molecule has 3 rings (SSSR count). The summed E-state index contributed by atoms with van der Waals surface area (Å²) in [6.07, 6.45) is 3.68. The van der Waals surface area contributed by atoms with Gasteiger partial charge < -0.3 is 15.3 Å². The summed E-state index contributed by atoms with van der Waals surface area (Å²) in [5.41, 5.74) is 0. The zero-order valence-electron chi connectivity index (χ0n) is 12.6. The van der Waals surface area contributed by atoms with Gasteiger partial charge in [0.15, 0.2) is 0 Å². The van der Waals surface area contributed by atoms with Gasteiger partial charge in [-0.1, -0.05) is 6.42 Å². The van der Waals surface area contributed by atoms with Gasteiger partial charge in [0.05, 0.1) is 6.04 Å². The van der Waals surface area contributed by atoms with Crippen molar-refractivity contribution in [3.05, 3.63) is 0 Å². The van der Waals surface area contributed by atoms with Crippen molar-refractivity contribution in [3.8, 4) is 0 Å². The SMILES string of the molecule is CC(C(=O)O)N1CCN(C(=O)C2NCC3CCCC32)CC1. The Morgan fingerprint density at radius 3 is 2.57 bits per heavy atom. The molecule has 1 aliphatic carbocycles. The predicted molar refractivity (Wildman–Crippen MR) is 77.9 cm³/mol. The largest absolute Gasteiger partial charge is 0.480 e. The Morgan fingerprint density at radius 2 is 1.90 bits per heavy atom. The molecular formula is C15H25N3O3. The molecule has 2 N–H and O–H groups in total. The molecule has 6 heteroatoms. The fraction of sp³-hybridized carbons (Fsp3) is 0.867. The Morgan fingerprint density at radius 1 is 1.19 bits per heavy atom. The van der Waals surface area contributed by atoms with E-state index in [1.807, 2.05) is 9.80 Å². The number of piperazine rings is 1. The lowest BCUT2D eigenvalue weighted by molar-refractivity contribution is -0.144. The van der Waals surface area contributed by atoms with Crippen molar-refractivity contribution in [2.75, 3.05) is 32.7 Å². The summed E-state index contributed by atoms with van der Waals surface area (Å²) in [5, 5.41) is 12.5. The Labute approximate surface area is 125 Å². The highest BCUT2D eigenvalue weighted by Crippen LogP contribution is 2.38. The van der Waals surface area contributed by atoms with Crippen LogP contribution in [0.1, 0.15) is 26.2 Å². The van der Waals surface area contributed by atoms with E-state index >= 15 is 0 Å².